The van der Waals surface area contributed by atoms with E-state index >= 15 is 0 Å². The van der Waals surface area contributed by atoms with Crippen LogP contribution in [0.25, 0.3) is 0 Å². The standard InChI is InChI=1S/C30H37IOSi/c1-5-6-13-20-27(21-14-9-7-8-10-19-26-31)32-33(30(2,3)4,28-22-15-11-16-23-28)29-24-17-12-18-25-29/h11-12,14-18,21-25,27H,5-6,8,13,20,26H2,1-4H3/b21-14+. The fourth-order valence-electron chi connectivity index (χ4n) is 4.13. The Hall–Kier alpha value is -1.79. The quantitative estimate of drug-likeness (QED) is 0.105. The largest absolute Gasteiger partial charge is 0.401 e. The highest BCUT2D eigenvalue weighted by atomic mass is 127. The van der Waals surface area contributed by atoms with Crippen molar-refractivity contribution in [1.29, 1.82) is 0 Å². The molecule has 0 heterocycles. The van der Waals surface area contributed by atoms with Crippen LogP contribution in [0.5, 0.6) is 0 Å². The average molecular weight is 569 g/mol. The molecule has 0 amide bonds. The molecule has 0 radical (unpaired) electrons. The van der Waals surface area contributed by atoms with E-state index in [2.05, 4.69) is 141 Å². The molecule has 0 N–H and O–H groups in total. The van der Waals surface area contributed by atoms with Crippen LogP contribution in [0.4, 0.5) is 0 Å². The molecule has 174 valence electrons. The van der Waals surface area contributed by atoms with Gasteiger partial charge in [0.2, 0.25) is 0 Å². The molecule has 3 heteroatoms. The van der Waals surface area contributed by atoms with E-state index in [1.165, 1.54) is 23.2 Å². The van der Waals surface area contributed by atoms with Crippen molar-refractivity contribution in [2.24, 2.45) is 0 Å². The summed E-state index contributed by atoms with van der Waals surface area (Å²) in [6.45, 7) is 9.24. The Bertz CT molecular complexity index is 929. The van der Waals surface area contributed by atoms with Crippen LogP contribution in [-0.2, 0) is 4.43 Å². The molecule has 1 unspecified atom stereocenters. The summed E-state index contributed by atoms with van der Waals surface area (Å²) < 4.78 is 8.17. The lowest BCUT2D eigenvalue weighted by molar-refractivity contribution is 0.218. The summed E-state index contributed by atoms with van der Waals surface area (Å²) in [5.41, 5.74) is 0. The third-order valence-corrected chi connectivity index (χ3v) is 11.1. The first kappa shape index (κ1) is 27.5. The Labute approximate surface area is 216 Å². The van der Waals surface area contributed by atoms with Gasteiger partial charge in [0.05, 0.1) is 17.0 Å². The van der Waals surface area contributed by atoms with Crippen LogP contribution in [0.3, 0.4) is 0 Å². The highest BCUT2D eigenvalue weighted by Crippen LogP contribution is 2.38. The number of hydrogen-bond donors (Lipinski definition) is 0. The first-order valence-electron chi connectivity index (χ1n) is 11.9. The summed E-state index contributed by atoms with van der Waals surface area (Å²) in [5.74, 6) is 12.4. The van der Waals surface area contributed by atoms with Crippen LogP contribution in [0.15, 0.2) is 72.8 Å². The Morgan fingerprint density at radius 2 is 1.52 bits per heavy atom. The van der Waals surface area contributed by atoms with Crippen LogP contribution < -0.4 is 10.4 Å². The molecule has 0 aliphatic rings. The molecule has 2 rings (SSSR count). The van der Waals surface area contributed by atoms with Crippen LogP contribution in [-0.4, -0.2) is 18.8 Å². The zero-order valence-electron chi connectivity index (χ0n) is 20.5. The molecule has 0 aliphatic carbocycles. The SMILES string of the molecule is CCCCCC(/C=C/C#CCC#CCI)O[Si](c1ccccc1)(c1ccccc1)C(C)(C)C. The van der Waals surface area contributed by atoms with Gasteiger partial charge in [0.15, 0.2) is 0 Å². The molecule has 0 saturated carbocycles. The lowest BCUT2D eigenvalue weighted by Crippen LogP contribution is -2.67. The number of rotatable bonds is 9. The fourth-order valence-corrected chi connectivity index (χ4v) is 9.06. The predicted molar refractivity (Wildman–Crippen MR) is 155 cm³/mol. The van der Waals surface area contributed by atoms with Crippen LogP contribution >= 0.6 is 22.6 Å². The molecule has 0 fully saturated rings. The van der Waals surface area contributed by atoms with Gasteiger partial charge in [-0.3, -0.25) is 0 Å². The van der Waals surface area contributed by atoms with E-state index in [0.717, 1.165) is 17.3 Å². The van der Waals surface area contributed by atoms with Gasteiger partial charge in [-0.2, -0.15) is 0 Å². The zero-order valence-corrected chi connectivity index (χ0v) is 23.7. The van der Waals surface area contributed by atoms with Crippen molar-refractivity contribution < 1.29 is 4.43 Å². The number of alkyl halides is 1. The Balaban J connectivity index is 2.48. The molecular formula is C30H37IOSi. The van der Waals surface area contributed by atoms with E-state index < -0.39 is 8.32 Å². The van der Waals surface area contributed by atoms with Crippen molar-refractivity contribution in [1.82, 2.24) is 0 Å². The minimum absolute atomic E-state index is 0.0255. The van der Waals surface area contributed by atoms with Gasteiger partial charge in [-0.05, 0) is 34.0 Å². The van der Waals surface area contributed by atoms with Crippen LogP contribution in [0, 0.1) is 23.7 Å². The number of halogens is 1. The number of allylic oxidation sites excluding steroid dienone is 1. The van der Waals surface area contributed by atoms with Crippen LogP contribution in [0.2, 0.25) is 5.04 Å². The molecule has 0 bridgehead atoms. The number of hydrogen-bond acceptors (Lipinski definition) is 1. The van der Waals surface area contributed by atoms with Gasteiger partial charge in [-0.1, -0.05) is 154 Å². The summed E-state index contributed by atoms with van der Waals surface area (Å²) >= 11 is 2.26. The zero-order chi connectivity index (χ0) is 24.0. The van der Waals surface area contributed by atoms with Crippen molar-refractivity contribution in [3.8, 4) is 23.7 Å². The van der Waals surface area contributed by atoms with Crippen molar-refractivity contribution >= 4 is 41.3 Å². The highest BCUT2D eigenvalue weighted by Gasteiger charge is 2.51. The smallest absolute Gasteiger partial charge is 0.261 e. The second-order valence-electron chi connectivity index (χ2n) is 9.16. The molecule has 0 aromatic heterocycles. The molecule has 2 aromatic rings. The van der Waals surface area contributed by atoms with Gasteiger partial charge in [0.25, 0.3) is 8.32 Å². The average Bonchev–Trinajstić information content (AvgIpc) is 2.82. The first-order valence-corrected chi connectivity index (χ1v) is 15.3. The maximum atomic E-state index is 7.32. The van der Waals surface area contributed by atoms with Crippen molar-refractivity contribution in [2.45, 2.75) is 70.9 Å². The Morgan fingerprint density at radius 3 is 2.03 bits per heavy atom. The fraction of sp³-hybridized carbons (Fsp3) is 0.400. The lowest BCUT2D eigenvalue weighted by atomic mass is 10.1. The Morgan fingerprint density at radius 1 is 0.909 bits per heavy atom. The molecule has 0 spiro atoms. The minimum atomic E-state index is -2.58. The maximum Gasteiger partial charge on any atom is 0.261 e. The van der Waals surface area contributed by atoms with E-state index in [1.54, 1.807) is 0 Å². The second-order valence-corrected chi connectivity index (χ2v) is 14.2. The third kappa shape index (κ3) is 8.18. The second kappa shape index (κ2) is 14.5. The molecule has 33 heavy (non-hydrogen) atoms. The van der Waals surface area contributed by atoms with Crippen molar-refractivity contribution in [3.63, 3.8) is 0 Å². The topological polar surface area (TPSA) is 9.23 Å². The minimum Gasteiger partial charge on any atom is -0.401 e. The first-order chi connectivity index (χ1) is 16.0. The van der Waals surface area contributed by atoms with Crippen molar-refractivity contribution in [2.75, 3.05) is 4.43 Å². The normalized spacial score (nSPS) is 12.5. The van der Waals surface area contributed by atoms with Gasteiger partial charge < -0.3 is 4.43 Å². The van der Waals surface area contributed by atoms with Gasteiger partial charge in [0.1, 0.15) is 0 Å². The van der Waals surface area contributed by atoms with Gasteiger partial charge >= 0.3 is 0 Å². The van der Waals surface area contributed by atoms with E-state index in [1.807, 2.05) is 6.08 Å². The molecular weight excluding hydrogens is 531 g/mol. The lowest BCUT2D eigenvalue weighted by Gasteiger charge is -2.44. The predicted octanol–water partition coefficient (Wildman–Crippen LogP) is 6.90. The van der Waals surface area contributed by atoms with Crippen LogP contribution in [0.1, 0.15) is 59.8 Å². The van der Waals surface area contributed by atoms with Gasteiger partial charge in [-0.15, -0.1) is 0 Å². The summed E-state index contributed by atoms with van der Waals surface area (Å²) in [5, 5.41) is 2.60. The molecule has 1 atom stereocenters. The van der Waals surface area contributed by atoms with E-state index in [-0.39, 0.29) is 11.1 Å². The highest BCUT2D eigenvalue weighted by molar-refractivity contribution is 14.1. The molecule has 0 aliphatic heterocycles. The summed E-state index contributed by atoms with van der Waals surface area (Å²) in [6, 6.07) is 21.7. The molecule has 2 aromatic carbocycles. The van der Waals surface area contributed by atoms with Gasteiger partial charge in [0, 0.05) is 0 Å². The van der Waals surface area contributed by atoms with Gasteiger partial charge in [-0.25, -0.2) is 0 Å². The molecule has 1 nitrogen and oxygen atoms in total. The monoisotopic (exact) mass is 568 g/mol. The number of benzene rings is 2. The van der Waals surface area contributed by atoms with E-state index in [9.17, 15) is 0 Å². The molecule has 0 saturated heterocycles. The maximum absolute atomic E-state index is 7.32. The summed E-state index contributed by atoms with van der Waals surface area (Å²) in [6.07, 6.45) is 9.36. The van der Waals surface area contributed by atoms with E-state index in [4.69, 9.17) is 4.43 Å². The third-order valence-electron chi connectivity index (χ3n) is 5.70. The van der Waals surface area contributed by atoms with Crippen molar-refractivity contribution in [3.05, 3.63) is 72.8 Å². The Kier molecular flexibility index (Phi) is 12.0. The summed E-state index contributed by atoms with van der Waals surface area (Å²) in [7, 11) is -2.58. The number of unbranched alkanes of at least 4 members (excludes halogenated alkanes) is 2. The van der Waals surface area contributed by atoms with E-state index in [0.29, 0.717) is 6.42 Å². The summed E-state index contributed by atoms with van der Waals surface area (Å²) in [4.78, 5) is 0.